The fraction of sp³-hybridized carbons (Fsp3) is 0.417. The first kappa shape index (κ1) is 21.3. The number of benzene rings is 2. The van der Waals surface area contributed by atoms with Crippen molar-refractivity contribution in [3.05, 3.63) is 59.7 Å². The fourth-order valence-corrected chi connectivity index (χ4v) is 6.41. The number of piperidine rings is 2. The number of nitrogens with zero attached hydrogens (tertiary/aromatic N) is 2. The van der Waals surface area contributed by atoms with Crippen molar-refractivity contribution in [3.63, 3.8) is 0 Å². The summed E-state index contributed by atoms with van der Waals surface area (Å²) in [5.41, 5.74) is 1.52. The lowest BCUT2D eigenvalue weighted by atomic mass is 10.1. The monoisotopic (exact) mass is 440 g/mol. The normalized spacial score (nSPS) is 17.1. The minimum atomic E-state index is 0.121. The topological polar surface area (TPSA) is 40.6 Å². The number of carbonyl (C=O) groups is 2. The third-order valence-electron chi connectivity index (χ3n) is 5.74. The third-order valence-corrected chi connectivity index (χ3v) is 8.22. The number of hydrogen-bond donors (Lipinski definition) is 0. The van der Waals surface area contributed by atoms with Gasteiger partial charge in [0.05, 0.1) is 11.1 Å². The molecule has 2 amide bonds. The molecular weight excluding hydrogens is 412 g/mol. The van der Waals surface area contributed by atoms with Gasteiger partial charge in [-0.25, -0.2) is 0 Å². The average molecular weight is 441 g/mol. The predicted molar refractivity (Wildman–Crippen MR) is 124 cm³/mol. The Bertz CT molecular complexity index is 817. The SMILES string of the molecule is O=C(c1ccccc1SSc1ccccc1C(=O)N1CCCCC1)N1CCCCC1. The van der Waals surface area contributed by atoms with Crippen molar-refractivity contribution in [3.8, 4) is 0 Å². The molecule has 6 heteroatoms. The van der Waals surface area contributed by atoms with E-state index in [-0.39, 0.29) is 11.8 Å². The molecule has 0 aromatic heterocycles. The Morgan fingerprint density at radius 1 is 0.567 bits per heavy atom. The Balaban J connectivity index is 1.49. The molecule has 2 aromatic carbocycles. The van der Waals surface area contributed by atoms with E-state index < -0.39 is 0 Å². The molecule has 4 nitrogen and oxygen atoms in total. The lowest BCUT2D eigenvalue weighted by molar-refractivity contribution is 0.0713. The highest BCUT2D eigenvalue weighted by Crippen LogP contribution is 2.41. The number of carbonyl (C=O) groups excluding carboxylic acids is 2. The lowest BCUT2D eigenvalue weighted by Crippen LogP contribution is -2.35. The van der Waals surface area contributed by atoms with Crippen LogP contribution in [0.25, 0.3) is 0 Å². The van der Waals surface area contributed by atoms with Gasteiger partial charge in [-0.15, -0.1) is 0 Å². The maximum Gasteiger partial charge on any atom is 0.255 e. The summed E-state index contributed by atoms with van der Waals surface area (Å²) < 4.78 is 0. The second kappa shape index (κ2) is 10.4. The van der Waals surface area contributed by atoms with Crippen LogP contribution in [0.15, 0.2) is 58.3 Å². The Morgan fingerprint density at radius 2 is 0.933 bits per heavy atom. The third kappa shape index (κ3) is 5.03. The van der Waals surface area contributed by atoms with E-state index in [0.717, 1.165) is 72.8 Å². The first-order valence-corrected chi connectivity index (χ1v) is 13.0. The molecule has 0 unspecified atom stereocenters. The van der Waals surface area contributed by atoms with Crippen molar-refractivity contribution in [2.75, 3.05) is 26.2 Å². The van der Waals surface area contributed by atoms with Crippen LogP contribution in [-0.4, -0.2) is 47.8 Å². The lowest BCUT2D eigenvalue weighted by Gasteiger charge is -2.27. The van der Waals surface area contributed by atoms with Gasteiger partial charge >= 0.3 is 0 Å². The maximum absolute atomic E-state index is 13.1. The molecule has 0 saturated carbocycles. The standard InChI is InChI=1S/C24H28N2O2S2/c27-23(25-15-7-1-8-16-25)19-11-3-5-13-21(19)29-30-22-14-6-4-12-20(22)24(28)26-17-9-2-10-18-26/h3-6,11-14H,1-2,7-10,15-18H2. The highest BCUT2D eigenvalue weighted by molar-refractivity contribution is 8.76. The van der Waals surface area contributed by atoms with Gasteiger partial charge in [0, 0.05) is 36.0 Å². The maximum atomic E-state index is 13.1. The van der Waals surface area contributed by atoms with Gasteiger partial charge in [-0.05, 0) is 62.8 Å². The van der Waals surface area contributed by atoms with Gasteiger partial charge in [-0.2, -0.15) is 0 Å². The Kier molecular flexibility index (Phi) is 7.39. The molecule has 2 heterocycles. The van der Waals surface area contributed by atoms with Crippen molar-refractivity contribution >= 4 is 33.4 Å². The Labute approximate surface area is 186 Å². The smallest absolute Gasteiger partial charge is 0.255 e. The molecule has 0 radical (unpaired) electrons. The van der Waals surface area contributed by atoms with Gasteiger partial charge < -0.3 is 9.80 Å². The van der Waals surface area contributed by atoms with Gasteiger partial charge in [0.2, 0.25) is 0 Å². The number of rotatable bonds is 5. The molecule has 0 aliphatic carbocycles. The van der Waals surface area contributed by atoms with Gasteiger partial charge in [0.1, 0.15) is 0 Å². The zero-order valence-electron chi connectivity index (χ0n) is 17.2. The highest BCUT2D eigenvalue weighted by atomic mass is 33.1. The molecule has 0 bridgehead atoms. The largest absolute Gasteiger partial charge is 0.339 e. The summed E-state index contributed by atoms with van der Waals surface area (Å²) in [4.78, 5) is 32.0. The van der Waals surface area contributed by atoms with Crippen LogP contribution < -0.4 is 0 Å². The number of amides is 2. The summed E-state index contributed by atoms with van der Waals surface area (Å²) in [5.74, 6) is 0.243. The van der Waals surface area contributed by atoms with Crippen LogP contribution in [0.4, 0.5) is 0 Å². The van der Waals surface area contributed by atoms with Crippen LogP contribution in [0.5, 0.6) is 0 Å². The Hall–Kier alpha value is -1.92. The fourth-order valence-electron chi connectivity index (χ4n) is 4.06. The summed E-state index contributed by atoms with van der Waals surface area (Å²) in [5, 5.41) is 0. The van der Waals surface area contributed by atoms with Crippen LogP contribution in [0, 0.1) is 0 Å². The molecule has 2 fully saturated rings. The number of likely N-dealkylation sites (tertiary alicyclic amines) is 2. The van der Waals surface area contributed by atoms with Crippen LogP contribution in [-0.2, 0) is 0 Å². The Morgan fingerprint density at radius 3 is 1.33 bits per heavy atom. The summed E-state index contributed by atoms with van der Waals surface area (Å²) in [6.45, 7) is 3.38. The van der Waals surface area contributed by atoms with Crippen LogP contribution in [0.3, 0.4) is 0 Å². The van der Waals surface area contributed by atoms with E-state index in [0.29, 0.717) is 0 Å². The summed E-state index contributed by atoms with van der Waals surface area (Å²) in [7, 11) is 3.14. The molecule has 2 aliphatic rings. The first-order chi connectivity index (χ1) is 14.7. The first-order valence-electron chi connectivity index (χ1n) is 10.8. The highest BCUT2D eigenvalue weighted by Gasteiger charge is 2.23. The van der Waals surface area contributed by atoms with Gasteiger partial charge in [-0.3, -0.25) is 9.59 Å². The summed E-state index contributed by atoms with van der Waals surface area (Å²) >= 11 is 0. The minimum Gasteiger partial charge on any atom is -0.339 e. The molecule has 4 rings (SSSR count). The van der Waals surface area contributed by atoms with Gasteiger partial charge in [-0.1, -0.05) is 45.9 Å². The van der Waals surface area contributed by atoms with Crippen molar-refractivity contribution in [2.24, 2.45) is 0 Å². The van der Waals surface area contributed by atoms with Crippen LogP contribution in [0.1, 0.15) is 59.2 Å². The zero-order chi connectivity index (χ0) is 20.8. The van der Waals surface area contributed by atoms with Gasteiger partial charge in [0.15, 0.2) is 0 Å². The van der Waals surface area contributed by atoms with Crippen molar-refractivity contribution in [2.45, 2.75) is 48.3 Å². The molecule has 0 N–H and O–H groups in total. The quantitative estimate of drug-likeness (QED) is 0.556. The van der Waals surface area contributed by atoms with E-state index in [9.17, 15) is 9.59 Å². The summed E-state index contributed by atoms with van der Waals surface area (Å²) in [6, 6.07) is 15.7. The van der Waals surface area contributed by atoms with E-state index in [2.05, 4.69) is 0 Å². The number of hydrogen-bond acceptors (Lipinski definition) is 4. The molecule has 2 aromatic rings. The van der Waals surface area contributed by atoms with E-state index in [4.69, 9.17) is 0 Å². The van der Waals surface area contributed by atoms with E-state index in [1.165, 1.54) is 12.8 Å². The molecule has 0 atom stereocenters. The van der Waals surface area contributed by atoms with E-state index >= 15 is 0 Å². The van der Waals surface area contributed by atoms with Crippen LogP contribution >= 0.6 is 21.6 Å². The average Bonchev–Trinajstić information content (AvgIpc) is 2.83. The predicted octanol–water partition coefficient (Wildman–Crippen LogP) is 5.74. The van der Waals surface area contributed by atoms with Crippen LogP contribution in [0.2, 0.25) is 0 Å². The second-order valence-electron chi connectivity index (χ2n) is 7.86. The molecule has 2 saturated heterocycles. The van der Waals surface area contributed by atoms with Gasteiger partial charge in [0.25, 0.3) is 11.8 Å². The van der Waals surface area contributed by atoms with E-state index in [1.807, 2.05) is 58.3 Å². The van der Waals surface area contributed by atoms with Crippen molar-refractivity contribution in [1.82, 2.24) is 9.80 Å². The molecular formula is C24H28N2O2S2. The van der Waals surface area contributed by atoms with Crippen molar-refractivity contribution < 1.29 is 9.59 Å². The summed E-state index contributed by atoms with van der Waals surface area (Å²) in [6.07, 6.45) is 6.75. The minimum absolute atomic E-state index is 0.121. The molecule has 158 valence electrons. The molecule has 0 spiro atoms. The molecule has 2 aliphatic heterocycles. The molecule has 30 heavy (non-hydrogen) atoms. The zero-order valence-corrected chi connectivity index (χ0v) is 18.9. The van der Waals surface area contributed by atoms with E-state index in [1.54, 1.807) is 21.6 Å². The van der Waals surface area contributed by atoms with Crippen molar-refractivity contribution in [1.29, 1.82) is 0 Å². The second-order valence-corrected chi connectivity index (χ2v) is 10.1.